The molecule has 0 N–H and O–H groups in total. The Kier molecular flexibility index (Phi) is 3.52. The molecule has 0 heterocycles. The van der Waals surface area contributed by atoms with E-state index in [1.54, 1.807) is 6.08 Å². The zero-order valence-corrected chi connectivity index (χ0v) is 9.93. The molecule has 0 aromatic heterocycles. The summed E-state index contributed by atoms with van der Waals surface area (Å²) < 4.78 is 0. The molecular formula is C15H16O2. The van der Waals surface area contributed by atoms with Crippen LogP contribution in [0.1, 0.15) is 31.2 Å². The largest absolute Gasteiger partial charge is 0.303 e. The number of carbonyl (C=O) groups is 2. The van der Waals surface area contributed by atoms with Gasteiger partial charge < -0.3 is 4.79 Å². The van der Waals surface area contributed by atoms with E-state index in [0.29, 0.717) is 12.8 Å². The van der Waals surface area contributed by atoms with Crippen LogP contribution in [0, 0.1) is 5.92 Å². The first kappa shape index (κ1) is 11.8. The predicted molar refractivity (Wildman–Crippen MR) is 66.7 cm³/mol. The zero-order chi connectivity index (χ0) is 12.3. The van der Waals surface area contributed by atoms with Gasteiger partial charge in [-0.25, -0.2) is 0 Å². The van der Waals surface area contributed by atoms with Crippen LogP contribution in [0.25, 0.3) is 0 Å². The van der Waals surface area contributed by atoms with E-state index in [9.17, 15) is 9.59 Å². The highest BCUT2D eigenvalue weighted by Gasteiger charge is 2.34. The molecule has 0 saturated carbocycles. The van der Waals surface area contributed by atoms with E-state index in [4.69, 9.17) is 0 Å². The van der Waals surface area contributed by atoms with Crippen molar-refractivity contribution in [3.63, 3.8) is 0 Å². The Morgan fingerprint density at radius 1 is 1.24 bits per heavy atom. The Morgan fingerprint density at radius 2 is 1.94 bits per heavy atom. The molecule has 2 nitrogen and oxygen atoms in total. The fourth-order valence-corrected chi connectivity index (χ4v) is 2.61. The second-order valence-electron chi connectivity index (χ2n) is 4.53. The van der Waals surface area contributed by atoms with Crippen molar-refractivity contribution in [1.82, 2.24) is 0 Å². The summed E-state index contributed by atoms with van der Waals surface area (Å²) in [5, 5.41) is 0. The van der Waals surface area contributed by atoms with Crippen molar-refractivity contribution < 1.29 is 9.59 Å². The van der Waals surface area contributed by atoms with Gasteiger partial charge in [-0.1, -0.05) is 35.9 Å². The highest BCUT2D eigenvalue weighted by molar-refractivity contribution is 5.96. The molecule has 1 aliphatic carbocycles. The molecule has 0 aliphatic heterocycles. The van der Waals surface area contributed by atoms with Crippen molar-refractivity contribution in [3.05, 3.63) is 47.5 Å². The lowest BCUT2D eigenvalue weighted by molar-refractivity contribution is -0.118. The molecule has 1 aromatic rings. The Labute approximate surface area is 101 Å². The second-order valence-corrected chi connectivity index (χ2v) is 4.53. The first-order chi connectivity index (χ1) is 8.24. The molecule has 0 bridgehead atoms. The summed E-state index contributed by atoms with van der Waals surface area (Å²) in [6.45, 7) is 2.00. The maximum Gasteiger partial charge on any atom is 0.159 e. The Hall–Kier alpha value is -1.70. The van der Waals surface area contributed by atoms with E-state index in [2.05, 4.69) is 12.1 Å². The van der Waals surface area contributed by atoms with Crippen LogP contribution in [0.5, 0.6) is 0 Å². The number of benzene rings is 1. The molecule has 0 amide bonds. The highest BCUT2D eigenvalue weighted by Crippen LogP contribution is 2.39. The van der Waals surface area contributed by atoms with Crippen LogP contribution in [-0.2, 0) is 9.59 Å². The fourth-order valence-electron chi connectivity index (χ4n) is 2.61. The molecule has 2 heteroatoms. The van der Waals surface area contributed by atoms with Crippen LogP contribution in [0.2, 0.25) is 0 Å². The normalized spacial score (nSPS) is 23.6. The minimum absolute atomic E-state index is 0.0531. The Balaban J connectivity index is 2.26. The van der Waals surface area contributed by atoms with Gasteiger partial charge in [0.05, 0.1) is 0 Å². The van der Waals surface area contributed by atoms with Gasteiger partial charge in [0.2, 0.25) is 0 Å². The predicted octanol–water partition coefficient (Wildman–Crippen LogP) is 2.89. The molecule has 0 fully saturated rings. The quantitative estimate of drug-likeness (QED) is 0.742. The van der Waals surface area contributed by atoms with Crippen molar-refractivity contribution in [2.75, 3.05) is 0 Å². The molecule has 0 radical (unpaired) electrons. The lowest BCUT2D eigenvalue weighted by atomic mass is 9.82. The fraction of sp³-hybridized carbons (Fsp3) is 0.333. The Bertz CT molecular complexity index is 445. The van der Waals surface area contributed by atoms with Crippen molar-refractivity contribution in [3.8, 4) is 0 Å². The van der Waals surface area contributed by atoms with Gasteiger partial charge in [0, 0.05) is 18.3 Å². The number of ketones is 1. The molecule has 1 aromatic carbocycles. The summed E-state index contributed by atoms with van der Waals surface area (Å²) in [6, 6.07) is 10.0. The lowest BCUT2D eigenvalue weighted by Gasteiger charge is -2.20. The molecule has 1 aliphatic rings. The van der Waals surface area contributed by atoms with Crippen LogP contribution >= 0.6 is 0 Å². The molecule has 2 atom stereocenters. The highest BCUT2D eigenvalue weighted by atomic mass is 16.1. The molecular weight excluding hydrogens is 212 g/mol. The van der Waals surface area contributed by atoms with Crippen LogP contribution in [0.4, 0.5) is 0 Å². The van der Waals surface area contributed by atoms with E-state index in [1.165, 1.54) is 5.56 Å². The molecule has 2 rings (SSSR count). The Morgan fingerprint density at radius 3 is 2.59 bits per heavy atom. The van der Waals surface area contributed by atoms with Gasteiger partial charge >= 0.3 is 0 Å². The smallest absolute Gasteiger partial charge is 0.159 e. The third-order valence-corrected chi connectivity index (χ3v) is 3.38. The molecule has 2 unspecified atom stereocenters. The van der Waals surface area contributed by atoms with Crippen molar-refractivity contribution >= 4 is 12.1 Å². The van der Waals surface area contributed by atoms with Gasteiger partial charge in [-0.2, -0.15) is 0 Å². The van der Waals surface area contributed by atoms with Gasteiger partial charge in [-0.3, -0.25) is 4.79 Å². The van der Waals surface area contributed by atoms with Gasteiger partial charge in [0.25, 0.3) is 0 Å². The van der Waals surface area contributed by atoms with E-state index in [1.807, 2.05) is 25.1 Å². The van der Waals surface area contributed by atoms with Gasteiger partial charge in [-0.05, 0) is 25.0 Å². The summed E-state index contributed by atoms with van der Waals surface area (Å²) in [5.41, 5.74) is 2.28. The summed E-state index contributed by atoms with van der Waals surface area (Å²) in [7, 11) is 0. The van der Waals surface area contributed by atoms with E-state index in [0.717, 1.165) is 11.9 Å². The molecule has 17 heavy (non-hydrogen) atoms. The second kappa shape index (κ2) is 5.09. The summed E-state index contributed by atoms with van der Waals surface area (Å²) in [5.74, 6) is 0.268. The van der Waals surface area contributed by atoms with Crippen LogP contribution in [-0.4, -0.2) is 12.1 Å². The summed E-state index contributed by atoms with van der Waals surface area (Å²) >= 11 is 0. The topological polar surface area (TPSA) is 34.1 Å². The third kappa shape index (κ3) is 2.36. The zero-order valence-electron chi connectivity index (χ0n) is 9.93. The maximum absolute atomic E-state index is 11.9. The average Bonchev–Trinajstić information content (AvgIpc) is 2.62. The van der Waals surface area contributed by atoms with E-state index < -0.39 is 0 Å². The number of hydrogen-bond donors (Lipinski definition) is 0. The first-order valence-corrected chi connectivity index (χ1v) is 5.94. The number of hydrogen-bond acceptors (Lipinski definition) is 2. The van der Waals surface area contributed by atoms with E-state index >= 15 is 0 Å². The van der Waals surface area contributed by atoms with Gasteiger partial charge in [0.1, 0.15) is 6.29 Å². The number of allylic oxidation sites excluding steroid dienone is 2. The number of aldehydes is 1. The van der Waals surface area contributed by atoms with E-state index in [-0.39, 0.29) is 17.6 Å². The standard InChI is InChI=1S/C15H16O2/c1-11-10-14(17)13(8-5-9-16)15(11)12-6-3-2-4-7-12/h2-4,6-7,9-10,13,15H,5,8H2,1H3. The van der Waals surface area contributed by atoms with Gasteiger partial charge in [0.15, 0.2) is 5.78 Å². The number of carbonyl (C=O) groups excluding carboxylic acids is 2. The monoisotopic (exact) mass is 228 g/mol. The number of rotatable bonds is 4. The third-order valence-electron chi connectivity index (χ3n) is 3.38. The van der Waals surface area contributed by atoms with Crippen LogP contribution in [0.3, 0.4) is 0 Å². The van der Waals surface area contributed by atoms with Crippen LogP contribution in [0.15, 0.2) is 42.0 Å². The molecule has 0 spiro atoms. The summed E-state index contributed by atoms with van der Waals surface area (Å²) in [4.78, 5) is 22.3. The average molecular weight is 228 g/mol. The lowest BCUT2D eigenvalue weighted by Crippen LogP contribution is -2.15. The molecule has 88 valence electrons. The minimum atomic E-state index is -0.0531. The SMILES string of the molecule is CC1=CC(=O)C(CCC=O)C1c1ccccc1. The minimum Gasteiger partial charge on any atom is -0.303 e. The summed E-state index contributed by atoms with van der Waals surface area (Å²) in [6.07, 6.45) is 3.73. The van der Waals surface area contributed by atoms with Crippen molar-refractivity contribution in [2.45, 2.75) is 25.7 Å². The first-order valence-electron chi connectivity index (χ1n) is 5.94. The maximum atomic E-state index is 11.9. The van der Waals surface area contributed by atoms with Crippen molar-refractivity contribution in [2.24, 2.45) is 5.92 Å². The molecule has 0 saturated heterocycles. The van der Waals surface area contributed by atoms with Gasteiger partial charge in [-0.15, -0.1) is 0 Å². The van der Waals surface area contributed by atoms with Crippen molar-refractivity contribution in [1.29, 1.82) is 0 Å². The van der Waals surface area contributed by atoms with Crippen LogP contribution < -0.4 is 0 Å².